The first-order chi connectivity index (χ1) is 10.2. The minimum atomic E-state index is -0.775. The summed E-state index contributed by atoms with van der Waals surface area (Å²) in [7, 11) is 1.64. The van der Waals surface area contributed by atoms with Gasteiger partial charge in [-0.15, -0.1) is 0 Å². The van der Waals surface area contributed by atoms with Crippen molar-refractivity contribution in [2.75, 3.05) is 44.8 Å². The molecule has 0 bridgehead atoms. The highest BCUT2D eigenvalue weighted by Gasteiger charge is 2.27. The average Bonchev–Trinajstić information content (AvgIpc) is 2.54. The Labute approximate surface area is 124 Å². The second-order valence-electron chi connectivity index (χ2n) is 4.67. The molecule has 0 aromatic heterocycles. The van der Waals surface area contributed by atoms with Gasteiger partial charge in [-0.3, -0.25) is 4.79 Å². The van der Waals surface area contributed by atoms with E-state index in [0.29, 0.717) is 26.2 Å². The number of hydrogen-bond donors (Lipinski definition) is 0. The molecule has 1 aliphatic heterocycles. The minimum Gasteiger partial charge on any atom is -0.495 e. The molecule has 1 heterocycles. The zero-order valence-electron chi connectivity index (χ0n) is 12.4. The number of methoxy groups -OCH3 is 1. The highest BCUT2D eigenvalue weighted by molar-refractivity contribution is 6.32. The lowest BCUT2D eigenvalue weighted by atomic mass is 10.2. The maximum absolute atomic E-state index is 11.9. The molecule has 0 N–H and O–H groups in total. The number of benzene rings is 1. The molecule has 114 valence electrons. The number of carbonyl (C=O) groups excluding carboxylic acids is 2. The highest BCUT2D eigenvalue weighted by Crippen LogP contribution is 2.28. The van der Waals surface area contributed by atoms with Crippen LogP contribution in [0.5, 0.6) is 5.75 Å². The van der Waals surface area contributed by atoms with Crippen LogP contribution in [0.4, 0.5) is 5.69 Å². The van der Waals surface area contributed by atoms with E-state index >= 15 is 0 Å². The number of hydrogen-bond acceptors (Lipinski definition) is 5. The normalized spacial score (nSPS) is 14.8. The maximum atomic E-state index is 11.9. The summed E-state index contributed by atoms with van der Waals surface area (Å²) < 4.78 is 10.1. The van der Waals surface area contributed by atoms with E-state index in [4.69, 9.17) is 9.47 Å². The van der Waals surface area contributed by atoms with Crippen LogP contribution in [0.2, 0.25) is 0 Å². The molecule has 0 atom stereocenters. The summed E-state index contributed by atoms with van der Waals surface area (Å²) in [5.74, 6) is -0.526. The third kappa shape index (κ3) is 3.45. The van der Waals surface area contributed by atoms with Crippen LogP contribution in [0, 0.1) is 0 Å². The van der Waals surface area contributed by atoms with E-state index in [9.17, 15) is 9.59 Å². The van der Waals surface area contributed by atoms with Crippen molar-refractivity contribution >= 4 is 17.6 Å². The lowest BCUT2D eigenvalue weighted by Crippen LogP contribution is -2.51. The van der Waals surface area contributed by atoms with Gasteiger partial charge in [0.2, 0.25) is 0 Å². The first kappa shape index (κ1) is 15.2. The number of rotatable bonds is 3. The van der Waals surface area contributed by atoms with Crippen molar-refractivity contribution in [3.05, 3.63) is 24.3 Å². The van der Waals surface area contributed by atoms with E-state index in [1.165, 1.54) is 4.90 Å². The third-order valence-corrected chi connectivity index (χ3v) is 3.44. The molecule has 0 aliphatic carbocycles. The van der Waals surface area contributed by atoms with E-state index in [0.717, 1.165) is 11.4 Å². The van der Waals surface area contributed by atoms with Crippen molar-refractivity contribution in [3.8, 4) is 5.75 Å². The van der Waals surface area contributed by atoms with E-state index in [-0.39, 0.29) is 6.61 Å². The van der Waals surface area contributed by atoms with Crippen LogP contribution in [0.15, 0.2) is 24.3 Å². The number of piperazine rings is 1. The summed E-state index contributed by atoms with van der Waals surface area (Å²) >= 11 is 0. The largest absolute Gasteiger partial charge is 0.495 e. The van der Waals surface area contributed by atoms with Gasteiger partial charge in [0.1, 0.15) is 5.75 Å². The fraction of sp³-hybridized carbons (Fsp3) is 0.467. The Morgan fingerprint density at radius 1 is 1.14 bits per heavy atom. The molecule has 1 amide bonds. The third-order valence-electron chi connectivity index (χ3n) is 3.44. The molecule has 6 heteroatoms. The summed E-state index contributed by atoms with van der Waals surface area (Å²) in [6.45, 7) is 4.21. The van der Waals surface area contributed by atoms with Crippen LogP contribution in [-0.2, 0) is 14.3 Å². The Hall–Kier alpha value is -2.24. The highest BCUT2D eigenvalue weighted by atomic mass is 16.5. The predicted molar refractivity (Wildman–Crippen MR) is 78.4 cm³/mol. The number of carbonyl (C=O) groups is 2. The summed E-state index contributed by atoms with van der Waals surface area (Å²) in [6.07, 6.45) is 0. The van der Waals surface area contributed by atoms with Gasteiger partial charge in [-0.05, 0) is 19.1 Å². The molecular formula is C15H20N2O4. The number of amides is 1. The van der Waals surface area contributed by atoms with Gasteiger partial charge >= 0.3 is 11.9 Å². The van der Waals surface area contributed by atoms with Gasteiger partial charge in [-0.1, -0.05) is 12.1 Å². The first-order valence-electron chi connectivity index (χ1n) is 7.01. The van der Waals surface area contributed by atoms with Crippen LogP contribution >= 0.6 is 0 Å². The summed E-state index contributed by atoms with van der Waals surface area (Å²) in [5, 5.41) is 0. The Bertz CT molecular complexity index is 510. The van der Waals surface area contributed by atoms with Crippen molar-refractivity contribution in [2.24, 2.45) is 0 Å². The van der Waals surface area contributed by atoms with Crippen LogP contribution in [0.3, 0.4) is 0 Å². The van der Waals surface area contributed by atoms with E-state index < -0.39 is 11.9 Å². The smallest absolute Gasteiger partial charge is 0.397 e. The van der Waals surface area contributed by atoms with Crippen molar-refractivity contribution in [1.82, 2.24) is 4.90 Å². The number of para-hydroxylation sites is 2. The van der Waals surface area contributed by atoms with E-state index in [1.807, 2.05) is 24.3 Å². The predicted octanol–water partition coefficient (Wildman–Crippen LogP) is 0.907. The van der Waals surface area contributed by atoms with Gasteiger partial charge in [0, 0.05) is 26.2 Å². The first-order valence-corrected chi connectivity index (χ1v) is 7.01. The zero-order valence-corrected chi connectivity index (χ0v) is 12.4. The van der Waals surface area contributed by atoms with Gasteiger partial charge in [0.15, 0.2) is 0 Å². The molecule has 0 radical (unpaired) electrons. The standard InChI is InChI=1S/C15H20N2O4/c1-3-21-15(19)14(18)17-10-8-16(9-11-17)12-6-4-5-7-13(12)20-2/h4-7H,3,8-11H2,1-2H3. The minimum absolute atomic E-state index is 0.214. The second kappa shape index (κ2) is 6.97. The molecule has 6 nitrogen and oxygen atoms in total. The molecule has 21 heavy (non-hydrogen) atoms. The zero-order chi connectivity index (χ0) is 15.2. The van der Waals surface area contributed by atoms with E-state index in [1.54, 1.807) is 14.0 Å². The van der Waals surface area contributed by atoms with Crippen molar-refractivity contribution in [1.29, 1.82) is 0 Å². The average molecular weight is 292 g/mol. The molecule has 1 aromatic rings. The van der Waals surface area contributed by atoms with Crippen LogP contribution < -0.4 is 9.64 Å². The molecular weight excluding hydrogens is 272 g/mol. The van der Waals surface area contributed by atoms with Gasteiger partial charge in [-0.25, -0.2) is 4.79 Å². The van der Waals surface area contributed by atoms with Gasteiger partial charge in [0.05, 0.1) is 19.4 Å². The molecule has 1 fully saturated rings. The van der Waals surface area contributed by atoms with Crippen molar-refractivity contribution in [2.45, 2.75) is 6.92 Å². The van der Waals surface area contributed by atoms with E-state index in [2.05, 4.69) is 4.90 Å². The van der Waals surface area contributed by atoms with Crippen molar-refractivity contribution in [3.63, 3.8) is 0 Å². The fourth-order valence-corrected chi connectivity index (χ4v) is 2.36. The number of esters is 1. The molecule has 2 rings (SSSR count). The van der Waals surface area contributed by atoms with Crippen LogP contribution in [-0.4, -0.2) is 56.7 Å². The molecule has 1 saturated heterocycles. The lowest BCUT2D eigenvalue weighted by Gasteiger charge is -2.36. The van der Waals surface area contributed by atoms with Crippen LogP contribution in [0.1, 0.15) is 6.92 Å². The molecule has 0 saturated carbocycles. The summed E-state index contributed by atoms with van der Waals surface area (Å²) in [5.41, 5.74) is 1.00. The fourth-order valence-electron chi connectivity index (χ4n) is 2.36. The number of anilines is 1. The Balaban J connectivity index is 1.97. The lowest BCUT2D eigenvalue weighted by molar-refractivity contribution is -0.160. The number of nitrogens with zero attached hydrogens (tertiary/aromatic N) is 2. The second-order valence-corrected chi connectivity index (χ2v) is 4.67. The molecule has 1 aliphatic rings. The quantitative estimate of drug-likeness (QED) is 0.612. The Morgan fingerprint density at radius 3 is 2.43 bits per heavy atom. The SMILES string of the molecule is CCOC(=O)C(=O)N1CCN(c2ccccc2OC)CC1. The molecule has 0 unspecified atom stereocenters. The molecule has 0 spiro atoms. The van der Waals surface area contributed by atoms with Gasteiger partial charge in [-0.2, -0.15) is 0 Å². The topological polar surface area (TPSA) is 59.1 Å². The maximum Gasteiger partial charge on any atom is 0.397 e. The summed E-state index contributed by atoms with van der Waals surface area (Å²) in [6, 6.07) is 7.77. The van der Waals surface area contributed by atoms with Gasteiger partial charge < -0.3 is 19.3 Å². The number of ether oxygens (including phenoxy) is 2. The van der Waals surface area contributed by atoms with Gasteiger partial charge in [0.25, 0.3) is 0 Å². The van der Waals surface area contributed by atoms with Crippen LogP contribution in [0.25, 0.3) is 0 Å². The Morgan fingerprint density at radius 2 is 1.81 bits per heavy atom. The Kier molecular flexibility index (Phi) is 5.03. The summed E-state index contributed by atoms with van der Waals surface area (Å²) in [4.78, 5) is 27.0. The monoisotopic (exact) mass is 292 g/mol. The van der Waals surface area contributed by atoms with Crippen molar-refractivity contribution < 1.29 is 19.1 Å². The molecule has 1 aromatic carbocycles.